The second kappa shape index (κ2) is 13.3. The van der Waals surface area contributed by atoms with E-state index in [9.17, 15) is 18.4 Å². The SMILES string of the molecule is CC(C)n1nc(-c2ccc3oc(N)nc3c2)c2c(N)ncnc21.CC(Nc1ccc2c(c1)OCCn1cc(N3C(=O)OCC3C(F)F)nc1-2)C(N)=O. The number of nitrogens with one attached hydrogen (secondary N) is 1. The first-order chi connectivity index (χ1) is 24.9. The van der Waals surface area contributed by atoms with Crippen LogP contribution in [0.2, 0.25) is 0 Å². The number of rotatable bonds is 7. The first-order valence-electron chi connectivity index (χ1n) is 16.2. The molecule has 6 aromatic rings. The lowest BCUT2D eigenvalue weighted by Crippen LogP contribution is -2.38. The minimum Gasteiger partial charge on any atom is -0.491 e. The van der Waals surface area contributed by atoms with E-state index < -0.39 is 30.5 Å². The quantitative estimate of drug-likeness (QED) is 0.182. The molecular formula is C33H34F2N12O5. The minimum absolute atomic E-state index is 0.102. The molecule has 0 radical (unpaired) electrons. The summed E-state index contributed by atoms with van der Waals surface area (Å²) in [5.41, 5.74) is 21.8. The lowest BCUT2D eigenvalue weighted by Gasteiger charge is -2.17. The molecule has 1 saturated heterocycles. The summed E-state index contributed by atoms with van der Waals surface area (Å²) in [6.45, 7) is 6.06. The third-order valence-electron chi connectivity index (χ3n) is 8.51. The molecule has 270 valence electrons. The number of halogens is 2. The number of benzene rings is 2. The molecule has 8 rings (SSSR count). The maximum atomic E-state index is 13.3. The Balaban J connectivity index is 0.000000166. The second-order valence-electron chi connectivity index (χ2n) is 12.4. The highest BCUT2D eigenvalue weighted by molar-refractivity contribution is 5.99. The van der Waals surface area contributed by atoms with Crippen LogP contribution in [0.15, 0.2) is 53.3 Å². The van der Waals surface area contributed by atoms with Gasteiger partial charge in [-0.25, -0.2) is 38.1 Å². The van der Waals surface area contributed by atoms with Crippen molar-refractivity contribution in [1.82, 2.24) is 34.3 Å². The molecule has 52 heavy (non-hydrogen) atoms. The normalized spacial score (nSPS) is 15.9. The Morgan fingerprint density at radius 2 is 1.87 bits per heavy atom. The van der Waals surface area contributed by atoms with Crippen molar-refractivity contribution >= 4 is 57.5 Å². The Morgan fingerprint density at radius 3 is 2.62 bits per heavy atom. The van der Waals surface area contributed by atoms with Crippen molar-refractivity contribution in [3.63, 3.8) is 0 Å². The van der Waals surface area contributed by atoms with Crippen LogP contribution in [0.3, 0.4) is 0 Å². The lowest BCUT2D eigenvalue weighted by atomic mass is 10.1. The highest BCUT2D eigenvalue weighted by Gasteiger charge is 2.42. The number of carbonyl (C=O) groups excluding carboxylic acids is 2. The van der Waals surface area contributed by atoms with Gasteiger partial charge in [-0.1, -0.05) is 0 Å². The van der Waals surface area contributed by atoms with Gasteiger partial charge in [0.05, 0.1) is 17.5 Å². The third-order valence-corrected chi connectivity index (χ3v) is 8.51. The fourth-order valence-electron chi connectivity index (χ4n) is 5.93. The molecule has 2 amide bonds. The molecular weight excluding hydrogens is 682 g/mol. The number of imidazole rings is 1. The van der Waals surface area contributed by atoms with E-state index in [0.29, 0.717) is 58.5 Å². The van der Waals surface area contributed by atoms with E-state index >= 15 is 0 Å². The van der Waals surface area contributed by atoms with Crippen molar-refractivity contribution in [2.45, 2.75) is 51.9 Å². The molecule has 4 aromatic heterocycles. The van der Waals surface area contributed by atoms with Crippen molar-refractivity contribution in [2.75, 3.05) is 34.9 Å². The molecule has 0 bridgehead atoms. The predicted molar refractivity (Wildman–Crippen MR) is 187 cm³/mol. The number of aromatic nitrogens is 7. The van der Waals surface area contributed by atoms with Crippen LogP contribution >= 0.6 is 0 Å². The fourth-order valence-corrected chi connectivity index (χ4v) is 5.93. The monoisotopic (exact) mass is 716 g/mol. The molecule has 17 nitrogen and oxygen atoms in total. The number of amides is 2. The number of alkyl halides is 2. The zero-order valence-corrected chi connectivity index (χ0v) is 28.2. The van der Waals surface area contributed by atoms with Crippen LogP contribution in [0.4, 0.5) is 36.9 Å². The minimum atomic E-state index is -2.75. The van der Waals surface area contributed by atoms with Gasteiger partial charge in [-0.05, 0) is 51.1 Å². The number of nitrogens with zero attached hydrogens (tertiary/aromatic N) is 8. The number of carbonyl (C=O) groups is 2. The maximum Gasteiger partial charge on any atom is 0.416 e. The van der Waals surface area contributed by atoms with Gasteiger partial charge < -0.3 is 41.0 Å². The molecule has 2 aromatic carbocycles. The lowest BCUT2D eigenvalue weighted by molar-refractivity contribution is -0.118. The number of primary amides is 1. The zero-order chi connectivity index (χ0) is 36.8. The number of nitrogen functional groups attached to an aromatic ring is 2. The van der Waals surface area contributed by atoms with Crippen LogP contribution in [0.25, 0.3) is 44.8 Å². The van der Waals surface area contributed by atoms with Gasteiger partial charge in [0.1, 0.15) is 60.2 Å². The second-order valence-corrected chi connectivity index (χ2v) is 12.4. The van der Waals surface area contributed by atoms with E-state index in [1.54, 1.807) is 29.7 Å². The number of anilines is 4. The molecule has 2 atom stereocenters. The number of nitrogens with two attached hydrogens (primary N) is 3. The number of hydrogen-bond acceptors (Lipinski definition) is 13. The maximum absolute atomic E-state index is 13.3. The van der Waals surface area contributed by atoms with Crippen LogP contribution in [0.1, 0.15) is 26.8 Å². The van der Waals surface area contributed by atoms with Gasteiger partial charge in [0.2, 0.25) is 5.91 Å². The Labute approximate surface area is 293 Å². The Hall–Kier alpha value is -6.53. The van der Waals surface area contributed by atoms with Crippen molar-refractivity contribution < 1.29 is 32.3 Å². The van der Waals surface area contributed by atoms with E-state index in [1.807, 2.05) is 36.7 Å². The average molecular weight is 717 g/mol. The fraction of sp³-hybridized carbons (Fsp3) is 0.303. The molecule has 6 heterocycles. The van der Waals surface area contributed by atoms with Crippen LogP contribution in [0, 0.1) is 0 Å². The van der Waals surface area contributed by atoms with Gasteiger partial charge in [-0.3, -0.25) is 4.79 Å². The summed E-state index contributed by atoms with van der Waals surface area (Å²) in [5.74, 6) is 1.00. The molecule has 7 N–H and O–H groups in total. The number of ether oxygens (including phenoxy) is 2. The van der Waals surface area contributed by atoms with Crippen molar-refractivity contribution in [1.29, 1.82) is 0 Å². The molecule has 1 fully saturated rings. The molecule has 0 spiro atoms. The highest BCUT2D eigenvalue weighted by Crippen LogP contribution is 2.37. The summed E-state index contributed by atoms with van der Waals surface area (Å²) in [5, 5.41) is 8.39. The summed E-state index contributed by atoms with van der Waals surface area (Å²) < 4.78 is 46.0. The molecule has 2 aliphatic rings. The first-order valence-corrected chi connectivity index (χ1v) is 16.2. The van der Waals surface area contributed by atoms with E-state index in [0.717, 1.165) is 21.5 Å². The van der Waals surface area contributed by atoms with Crippen molar-refractivity contribution in [3.05, 3.63) is 48.9 Å². The smallest absolute Gasteiger partial charge is 0.416 e. The summed E-state index contributed by atoms with van der Waals surface area (Å²) in [6, 6.07) is 9.10. The molecule has 0 aliphatic carbocycles. The molecule has 0 saturated carbocycles. The highest BCUT2D eigenvalue weighted by atomic mass is 19.3. The number of oxazole rings is 1. The van der Waals surface area contributed by atoms with Crippen molar-refractivity contribution in [3.8, 4) is 28.4 Å². The van der Waals surface area contributed by atoms with E-state index in [4.69, 9.17) is 31.1 Å². The topological polar surface area (TPSA) is 233 Å². The largest absolute Gasteiger partial charge is 0.491 e. The number of cyclic esters (lactones) is 1. The summed E-state index contributed by atoms with van der Waals surface area (Å²) in [6.07, 6.45) is -0.611. The third kappa shape index (κ3) is 6.20. The van der Waals surface area contributed by atoms with Crippen LogP contribution in [0.5, 0.6) is 5.75 Å². The first kappa shape index (κ1) is 33.9. The Bertz CT molecular complexity index is 2320. The summed E-state index contributed by atoms with van der Waals surface area (Å²) >= 11 is 0. The van der Waals surface area contributed by atoms with Gasteiger partial charge in [-0.2, -0.15) is 10.1 Å². The van der Waals surface area contributed by atoms with Crippen LogP contribution in [-0.4, -0.2) is 78.0 Å². The standard InChI is InChI=1S/C18H19F2N5O4.C15H15N7O/c1-9(16(21)26)22-10-2-3-11-13(6-10)28-5-4-24-7-14(23-17(11)24)25-12(15(19)20)8-29-18(25)27;1-7(2)22-14-11(13(16)18-6-19-14)12(21-22)8-3-4-10-9(5-8)20-15(17)23-10/h2-3,6-7,9,12,15,22H,4-5,8H2,1H3,(H2,21,26);3-7H,1-2H3,(H2,17,20)(H2,16,18,19). The Morgan fingerprint density at radius 1 is 1.06 bits per heavy atom. The van der Waals surface area contributed by atoms with E-state index in [2.05, 4.69) is 30.4 Å². The van der Waals surface area contributed by atoms with E-state index in [-0.39, 0.29) is 24.5 Å². The van der Waals surface area contributed by atoms with Crippen LogP contribution < -0.4 is 32.2 Å². The van der Waals surface area contributed by atoms with E-state index in [1.165, 1.54) is 12.5 Å². The molecule has 19 heteroatoms. The predicted octanol–water partition coefficient (Wildman–Crippen LogP) is 4.20. The average Bonchev–Trinajstić information content (AvgIpc) is 3.87. The van der Waals surface area contributed by atoms with Gasteiger partial charge in [-0.15, -0.1) is 0 Å². The van der Waals surface area contributed by atoms with Gasteiger partial charge >= 0.3 is 6.09 Å². The molecule has 2 aliphatic heterocycles. The Kier molecular flexibility index (Phi) is 8.69. The van der Waals surface area contributed by atoms with Crippen molar-refractivity contribution in [2.24, 2.45) is 5.73 Å². The summed E-state index contributed by atoms with van der Waals surface area (Å²) in [7, 11) is 0. The van der Waals surface area contributed by atoms with Gasteiger partial charge in [0.15, 0.2) is 17.0 Å². The number of fused-ring (bicyclic) bond motifs is 5. The summed E-state index contributed by atoms with van der Waals surface area (Å²) in [4.78, 5) is 41.1. The molecule has 2 unspecified atom stereocenters. The van der Waals surface area contributed by atoms with Gasteiger partial charge in [0.25, 0.3) is 12.4 Å². The van der Waals surface area contributed by atoms with Crippen LogP contribution in [-0.2, 0) is 16.1 Å². The zero-order valence-electron chi connectivity index (χ0n) is 28.2. The van der Waals surface area contributed by atoms with Gasteiger partial charge in [0, 0.05) is 29.6 Å². The number of hydrogen-bond donors (Lipinski definition) is 4.